The molecule has 6 heteroatoms. The van der Waals surface area contributed by atoms with Gasteiger partial charge in [0.05, 0.1) is 11.8 Å². The summed E-state index contributed by atoms with van der Waals surface area (Å²) in [5, 5.41) is 8.01. The third-order valence-corrected chi connectivity index (χ3v) is 7.20. The Morgan fingerprint density at radius 1 is 1.00 bits per heavy atom. The third-order valence-electron chi connectivity index (χ3n) is 6.20. The molecule has 166 valence electrons. The summed E-state index contributed by atoms with van der Waals surface area (Å²) in [7, 11) is 0. The normalized spacial score (nSPS) is 21.1. The van der Waals surface area contributed by atoms with Crippen molar-refractivity contribution in [1.29, 1.82) is 0 Å². The Labute approximate surface area is 211 Å². The van der Waals surface area contributed by atoms with E-state index >= 15 is 0 Å². The van der Waals surface area contributed by atoms with Crippen molar-refractivity contribution in [3.63, 3.8) is 0 Å². The zero-order valence-corrected chi connectivity index (χ0v) is 20.8. The molecule has 1 aliphatic heterocycles. The minimum atomic E-state index is -0.169. The maximum absolute atomic E-state index is 13.6. The molecule has 2 unspecified atom stereocenters. The molecule has 3 aromatic carbocycles. The molecule has 1 aliphatic carbocycles. The second-order valence-corrected chi connectivity index (χ2v) is 10.2. The molecule has 1 fully saturated rings. The van der Waals surface area contributed by atoms with E-state index < -0.39 is 0 Å². The van der Waals surface area contributed by atoms with Gasteiger partial charge in [-0.3, -0.25) is 4.79 Å². The molecule has 5 rings (SSSR count). The lowest BCUT2D eigenvalue weighted by atomic mass is 9.77. The van der Waals surface area contributed by atoms with E-state index in [-0.39, 0.29) is 17.9 Å². The van der Waals surface area contributed by atoms with Crippen molar-refractivity contribution in [3.8, 4) is 0 Å². The van der Waals surface area contributed by atoms with Gasteiger partial charge in [0, 0.05) is 26.0 Å². The first kappa shape index (κ1) is 22.4. The van der Waals surface area contributed by atoms with Gasteiger partial charge in [-0.25, -0.2) is 5.01 Å². The third kappa shape index (κ3) is 4.65. The Morgan fingerprint density at radius 3 is 2.39 bits per heavy atom. The number of carbonyl (C=O) groups is 1. The highest BCUT2D eigenvalue weighted by atomic mass is 79.9. The molecule has 0 aromatic heterocycles. The summed E-state index contributed by atoms with van der Waals surface area (Å²) in [5.74, 6) is 0.0265. The Balaban J connectivity index is 1.58. The summed E-state index contributed by atoms with van der Waals surface area (Å²) < 4.78 is 0.865. The van der Waals surface area contributed by atoms with Crippen molar-refractivity contribution < 1.29 is 4.79 Å². The minimum Gasteiger partial charge on any atom is -0.267 e. The molecule has 2 aliphatic rings. The predicted molar refractivity (Wildman–Crippen MR) is 139 cm³/mol. The number of hydrazone groups is 1. The summed E-state index contributed by atoms with van der Waals surface area (Å²) in [6.07, 6.45) is 5.13. The summed E-state index contributed by atoms with van der Waals surface area (Å²) in [6, 6.07) is 22.9. The van der Waals surface area contributed by atoms with Crippen molar-refractivity contribution in [2.75, 3.05) is 0 Å². The highest BCUT2D eigenvalue weighted by Crippen LogP contribution is 2.45. The molecule has 1 saturated carbocycles. The zero-order chi connectivity index (χ0) is 22.9. The molecule has 2 atom stereocenters. The lowest BCUT2D eigenvalue weighted by Crippen LogP contribution is -2.31. The Bertz CT molecular complexity index is 1250. The van der Waals surface area contributed by atoms with E-state index in [1.807, 2.05) is 72.8 Å². The minimum absolute atomic E-state index is 0.107. The van der Waals surface area contributed by atoms with Gasteiger partial charge in [-0.05, 0) is 84.5 Å². The first-order valence-corrected chi connectivity index (χ1v) is 12.4. The molecule has 3 aromatic rings. The van der Waals surface area contributed by atoms with Crippen LogP contribution in [0.4, 0.5) is 0 Å². The number of hydrogen-bond acceptors (Lipinski definition) is 2. The van der Waals surface area contributed by atoms with Crippen LogP contribution in [0.25, 0.3) is 6.08 Å². The average molecular weight is 540 g/mol. The molecule has 3 nitrogen and oxygen atoms in total. The number of halogens is 3. The van der Waals surface area contributed by atoms with E-state index in [0.717, 1.165) is 40.6 Å². The molecule has 0 saturated heterocycles. The van der Waals surface area contributed by atoms with Crippen LogP contribution in [0, 0.1) is 5.92 Å². The molecule has 1 heterocycles. The highest BCUT2D eigenvalue weighted by Gasteiger charge is 2.43. The fourth-order valence-corrected chi connectivity index (χ4v) is 5.33. The van der Waals surface area contributed by atoms with Crippen LogP contribution >= 0.6 is 39.1 Å². The van der Waals surface area contributed by atoms with Gasteiger partial charge in [0.1, 0.15) is 0 Å². The largest absolute Gasteiger partial charge is 0.274 e. The average Bonchev–Trinajstić information content (AvgIpc) is 3.21. The zero-order valence-electron chi connectivity index (χ0n) is 17.7. The van der Waals surface area contributed by atoms with E-state index in [4.69, 9.17) is 28.3 Å². The van der Waals surface area contributed by atoms with Crippen LogP contribution in [0.5, 0.6) is 0 Å². The van der Waals surface area contributed by atoms with Gasteiger partial charge in [0.15, 0.2) is 0 Å². The Hall–Kier alpha value is -2.40. The first-order chi connectivity index (χ1) is 16.0. The number of carbonyl (C=O) groups excluding carboxylic acids is 1. The molecule has 0 spiro atoms. The van der Waals surface area contributed by atoms with Crippen molar-refractivity contribution in [2.45, 2.75) is 25.3 Å². The van der Waals surface area contributed by atoms with Crippen LogP contribution in [0.15, 0.2) is 87.9 Å². The highest BCUT2D eigenvalue weighted by molar-refractivity contribution is 9.10. The fraction of sp³-hybridized carbons (Fsp3) is 0.185. The fourth-order valence-electron chi connectivity index (χ4n) is 4.68. The second-order valence-electron chi connectivity index (χ2n) is 8.36. The molecule has 0 radical (unpaired) electrons. The van der Waals surface area contributed by atoms with Crippen LogP contribution in [0.2, 0.25) is 10.0 Å². The smallest absolute Gasteiger partial charge is 0.267 e. The van der Waals surface area contributed by atoms with Crippen LogP contribution in [-0.2, 0) is 0 Å². The Morgan fingerprint density at radius 2 is 1.70 bits per heavy atom. The SMILES string of the molecule is O=C(c1cccc(Br)c1)N1N=C2/C(=C/c3ccc(Cl)cc3)CCCC2C1c1ccc(Cl)cc1. The molecule has 33 heavy (non-hydrogen) atoms. The molecule has 0 N–H and O–H groups in total. The maximum atomic E-state index is 13.6. The van der Waals surface area contributed by atoms with Crippen LogP contribution < -0.4 is 0 Å². The molecule has 0 bridgehead atoms. The first-order valence-electron chi connectivity index (χ1n) is 10.9. The lowest BCUT2D eigenvalue weighted by molar-refractivity contribution is 0.0681. The molecular weight excluding hydrogens is 519 g/mol. The molecule has 1 amide bonds. The van der Waals surface area contributed by atoms with Crippen LogP contribution in [0.1, 0.15) is 46.8 Å². The van der Waals surface area contributed by atoms with Crippen molar-refractivity contribution in [3.05, 3.63) is 110 Å². The monoisotopic (exact) mass is 538 g/mol. The van der Waals surface area contributed by atoms with Crippen molar-refractivity contribution in [1.82, 2.24) is 5.01 Å². The quantitative estimate of drug-likeness (QED) is 0.330. The summed E-state index contributed by atoms with van der Waals surface area (Å²) in [5.41, 5.74) is 4.91. The van der Waals surface area contributed by atoms with Gasteiger partial charge in [0.2, 0.25) is 0 Å². The van der Waals surface area contributed by atoms with Crippen LogP contribution in [0.3, 0.4) is 0 Å². The summed E-state index contributed by atoms with van der Waals surface area (Å²) >= 11 is 15.7. The van der Waals surface area contributed by atoms with Crippen molar-refractivity contribution in [2.24, 2.45) is 11.0 Å². The van der Waals surface area contributed by atoms with Gasteiger partial charge in [0.25, 0.3) is 5.91 Å². The lowest BCUT2D eigenvalue weighted by Gasteiger charge is -2.29. The van der Waals surface area contributed by atoms with E-state index in [1.165, 1.54) is 5.57 Å². The van der Waals surface area contributed by atoms with Gasteiger partial charge >= 0.3 is 0 Å². The number of fused-ring (bicyclic) bond motifs is 1. The number of amides is 1. The number of allylic oxidation sites excluding steroid dienone is 1. The van der Waals surface area contributed by atoms with Crippen molar-refractivity contribution >= 4 is 56.8 Å². The van der Waals surface area contributed by atoms with E-state index in [2.05, 4.69) is 22.0 Å². The van der Waals surface area contributed by atoms with E-state index in [9.17, 15) is 4.79 Å². The van der Waals surface area contributed by atoms with Gasteiger partial charge in [-0.15, -0.1) is 0 Å². The number of hydrogen-bond donors (Lipinski definition) is 0. The summed E-state index contributed by atoms with van der Waals surface area (Å²) in [6.45, 7) is 0. The molecular formula is C27H21BrCl2N2O. The Kier molecular flexibility index (Phi) is 6.42. The number of benzene rings is 3. The van der Waals surface area contributed by atoms with Gasteiger partial charge in [-0.1, -0.05) is 69.5 Å². The predicted octanol–water partition coefficient (Wildman–Crippen LogP) is 8.19. The maximum Gasteiger partial charge on any atom is 0.274 e. The number of nitrogens with zero attached hydrogens (tertiary/aromatic N) is 2. The van der Waals surface area contributed by atoms with Gasteiger partial charge in [-0.2, -0.15) is 5.10 Å². The van der Waals surface area contributed by atoms with E-state index in [1.54, 1.807) is 5.01 Å². The van der Waals surface area contributed by atoms with Gasteiger partial charge < -0.3 is 0 Å². The standard InChI is InChI=1S/C27H21BrCl2N2O/c28-21-5-1-4-20(16-21)27(33)32-26(18-9-13-23(30)14-10-18)24-6-2-3-19(25(24)31-32)15-17-7-11-22(29)12-8-17/h1,4-5,7-16,24,26H,2-3,6H2/b19-15+. The number of rotatable bonds is 3. The summed E-state index contributed by atoms with van der Waals surface area (Å²) in [4.78, 5) is 13.6. The van der Waals surface area contributed by atoms with Crippen LogP contribution in [-0.4, -0.2) is 16.6 Å². The van der Waals surface area contributed by atoms with E-state index in [0.29, 0.717) is 15.6 Å². The second kappa shape index (κ2) is 9.46. The topological polar surface area (TPSA) is 32.7 Å².